The van der Waals surface area contributed by atoms with E-state index in [1.807, 2.05) is 30.3 Å². The average molecular weight is 201 g/mol. The Balaban J connectivity index is 1.79. The van der Waals surface area contributed by atoms with Crippen LogP contribution in [-0.4, -0.2) is 29.2 Å². The first kappa shape index (κ1) is 8.65. The summed E-state index contributed by atoms with van der Waals surface area (Å²) in [5, 5.41) is 0. The lowest BCUT2D eigenvalue weighted by atomic mass is 9.95. The van der Waals surface area contributed by atoms with Crippen LogP contribution in [0.4, 0.5) is 0 Å². The molecule has 2 unspecified atom stereocenters. The molecule has 2 heterocycles. The molecule has 0 bridgehead atoms. The SMILES string of the molecule is O=C1C(Cc2ccccc2)C(=O)N2CC12. The van der Waals surface area contributed by atoms with Crippen LogP contribution >= 0.6 is 0 Å². The van der Waals surface area contributed by atoms with Crippen LogP contribution in [0.3, 0.4) is 0 Å². The number of Topliss-reactive ketones (excluding diaryl/α,β-unsaturated/α-hetero) is 1. The number of piperidine rings is 1. The average Bonchev–Trinajstić information content (AvgIpc) is 3.01. The number of carbonyl (C=O) groups is 2. The van der Waals surface area contributed by atoms with Crippen molar-refractivity contribution in [3.8, 4) is 0 Å². The predicted octanol–water partition coefficient (Wildman–Crippen LogP) is 0.639. The number of ketones is 1. The third-order valence-corrected chi connectivity index (χ3v) is 3.15. The molecule has 0 saturated carbocycles. The van der Waals surface area contributed by atoms with Crippen molar-refractivity contribution in [1.29, 1.82) is 0 Å². The highest BCUT2D eigenvalue weighted by Crippen LogP contribution is 2.33. The summed E-state index contributed by atoms with van der Waals surface area (Å²) in [6.45, 7) is 0.656. The maximum atomic E-state index is 11.7. The Morgan fingerprint density at radius 2 is 1.93 bits per heavy atom. The molecular weight excluding hydrogens is 190 g/mol. The first-order valence-corrected chi connectivity index (χ1v) is 5.15. The van der Waals surface area contributed by atoms with E-state index >= 15 is 0 Å². The highest BCUT2D eigenvalue weighted by molar-refractivity contribution is 6.14. The Hall–Kier alpha value is -1.64. The Kier molecular flexibility index (Phi) is 1.69. The van der Waals surface area contributed by atoms with Gasteiger partial charge in [-0.05, 0) is 12.0 Å². The van der Waals surface area contributed by atoms with Crippen molar-refractivity contribution in [2.45, 2.75) is 12.5 Å². The van der Waals surface area contributed by atoms with Crippen molar-refractivity contribution in [3.63, 3.8) is 0 Å². The third kappa shape index (κ3) is 1.27. The maximum absolute atomic E-state index is 11.7. The lowest BCUT2D eigenvalue weighted by Crippen LogP contribution is -2.25. The standard InChI is InChI=1S/C12H11NO2/c14-11-9(12(15)13-7-10(11)13)6-8-4-2-1-3-5-8/h1-5,9-10H,6-7H2. The topological polar surface area (TPSA) is 37.1 Å². The molecule has 3 rings (SSSR count). The molecule has 2 aliphatic rings. The quantitative estimate of drug-likeness (QED) is 0.520. The fraction of sp³-hybridized carbons (Fsp3) is 0.333. The van der Waals surface area contributed by atoms with Crippen LogP contribution in [0.1, 0.15) is 5.56 Å². The van der Waals surface area contributed by atoms with E-state index in [1.165, 1.54) is 0 Å². The summed E-state index contributed by atoms with van der Waals surface area (Å²) in [7, 11) is 0. The van der Waals surface area contributed by atoms with Gasteiger partial charge in [0.1, 0.15) is 12.0 Å². The summed E-state index contributed by atoms with van der Waals surface area (Å²) in [5.41, 5.74) is 1.06. The minimum absolute atomic E-state index is 0.0221. The summed E-state index contributed by atoms with van der Waals surface area (Å²) in [6, 6.07) is 9.63. The second-order valence-electron chi connectivity index (χ2n) is 4.15. The molecule has 0 aliphatic carbocycles. The van der Waals surface area contributed by atoms with Gasteiger partial charge in [0.25, 0.3) is 0 Å². The Morgan fingerprint density at radius 1 is 1.20 bits per heavy atom. The van der Waals surface area contributed by atoms with Crippen LogP contribution in [0.2, 0.25) is 0 Å². The molecule has 3 nitrogen and oxygen atoms in total. The molecule has 0 radical (unpaired) electrons. The minimum atomic E-state index is -0.411. The highest BCUT2D eigenvalue weighted by Gasteiger charge is 2.56. The number of hydrogen-bond donors (Lipinski definition) is 0. The van der Waals surface area contributed by atoms with Gasteiger partial charge in [0.15, 0.2) is 5.78 Å². The number of carbonyl (C=O) groups excluding carboxylic acids is 2. The van der Waals surface area contributed by atoms with Gasteiger partial charge in [0.2, 0.25) is 5.91 Å². The van der Waals surface area contributed by atoms with Gasteiger partial charge in [-0.15, -0.1) is 0 Å². The zero-order valence-electron chi connectivity index (χ0n) is 8.22. The molecule has 1 amide bonds. The van der Waals surface area contributed by atoms with Crippen LogP contribution in [0.25, 0.3) is 0 Å². The van der Waals surface area contributed by atoms with Crippen molar-refractivity contribution in [3.05, 3.63) is 35.9 Å². The molecule has 2 atom stereocenters. The van der Waals surface area contributed by atoms with E-state index in [1.54, 1.807) is 4.90 Å². The summed E-state index contributed by atoms with van der Waals surface area (Å²) in [6.07, 6.45) is 0.561. The van der Waals surface area contributed by atoms with Crippen LogP contribution in [0.15, 0.2) is 30.3 Å². The highest BCUT2D eigenvalue weighted by atomic mass is 16.2. The van der Waals surface area contributed by atoms with E-state index in [0.717, 1.165) is 5.56 Å². The molecule has 76 valence electrons. The van der Waals surface area contributed by atoms with Gasteiger partial charge < -0.3 is 4.90 Å². The van der Waals surface area contributed by atoms with Crippen molar-refractivity contribution in [1.82, 2.24) is 4.90 Å². The van der Waals surface area contributed by atoms with Crippen molar-refractivity contribution in [2.75, 3.05) is 6.54 Å². The Morgan fingerprint density at radius 3 is 2.53 bits per heavy atom. The number of fused-ring (bicyclic) bond motifs is 1. The molecular formula is C12H11NO2. The van der Waals surface area contributed by atoms with Gasteiger partial charge in [0.05, 0.1) is 0 Å². The monoisotopic (exact) mass is 201 g/mol. The van der Waals surface area contributed by atoms with Gasteiger partial charge in [-0.2, -0.15) is 0 Å². The summed E-state index contributed by atoms with van der Waals surface area (Å²) >= 11 is 0. The normalized spacial score (nSPS) is 28.1. The third-order valence-electron chi connectivity index (χ3n) is 3.15. The lowest BCUT2D eigenvalue weighted by molar-refractivity contribution is -0.131. The molecule has 15 heavy (non-hydrogen) atoms. The van der Waals surface area contributed by atoms with Crippen LogP contribution < -0.4 is 0 Å². The first-order chi connectivity index (χ1) is 7.27. The second-order valence-corrected chi connectivity index (χ2v) is 4.15. The van der Waals surface area contributed by atoms with E-state index in [4.69, 9.17) is 0 Å². The van der Waals surface area contributed by atoms with Crippen molar-refractivity contribution < 1.29 is 9.59 Å². The molecule has 1 aromatic rings. The first-order valence-electron chi connectivity index (χ1n) is 5.15. The Bertz CT molecular complexity index is 407. The van der Waals surface area contributed by atoms with Gasteiger partial charge in [-0.3, -0.25) is 9.59 Å². The largest absolute Gasteiger partial charge is 0.328 e. The fourth-order valence-corrected chi connectivity index (χ4v) is 2.22. The van der Waals surface area contributed by atoms with E-state index in [-0.39, 0.29) is 17.7 Å². The van der Waals surface area contributed by atoms with Crippen LogP contribution in [0, 0.1) is 5.92 Å². The molecule has 0 N–H and O–H groups in total. The number of benzene rings is 1. The molecule has 2 saturated heterocycles. The van der Waals surface area contributed by atoms with E-state index in [9.17, 15) is 9.59 Å². The smallest absolute Gasteiger partial charge is 0.234 e. The second kappa shape index (κ2) is 2.92. The summed E-state index contributed by atoms with van der Waals surface area (Å²) < 4.78 is 0. The molecule has 1 aromatic carbocycles. The van der Waals surface area contributed by atoms with Gasteiger partial charge in [-0.25, -0.2) is 0 Å². The molecule has 0 aromatic heterocycles. The zero-order chi connectivity index (χ0) is 10.4. The maximum Gasteiger partial charge on any atom is 0.234 e. The van der Waals surface area contributed by atoms with E-state index < -0.39 is 5.92 Å². The van der Waals surface area contributed by atoms with Crippen molar-refractivity contribution in [2.24, 2.45) is 5.92 Å². The van der Waals surface area contributed by atoms with E-state index in [0.29, 0.717) is 13.0 Å². The summed E-state index contributed by atoms with van der Waals surface area (Å²) in [4.78, 5) is 25.0. The summed E-state index contributed by atoms with van der Waals surface area (Å²) in [5.74, 6) is -0.274. The minimum Gasteiger partial charge on any atom is -0.328 e. The van der Waals surface area contributed by atoms with E-state index in [2.05, 4.69) is 0 Å². The van der Waals surface area contributed by atoms with Crippen LogP contribution in [-0.2, 0) is 16.0 Å². The van der Waals surface area contributed by atoms with Gasteiger partial charge in [-0.1, -0.05) is 30.3 Å². The molecule has 2 fully saturated rings. The zero-order valence-corrected chi connectivity index (χ0v) is 8.22. The molecule has 0 spiro atoms. The predicted molar refractivity (Wildman–Crippen MR) is 54.1 cm³/mol. The molecule has 2 aliphatic heterocycles. The number of rotatable bonds is 2. The number of amides is 1. The molecule has 3 heteroatoms. The number of nitrogens with zero attached hydrogens (tertiary/aromatic N) is 1. The Labute approximate surface area is 87.7 Å². The van der Waals surface area contributed by atoms with Gasteiger partial charge >= 0.3 is 0 Å². The van der Waals surface area contributed by atoms with Crippen molar-refractivity contribution >= 4 is 11.7 Å². The fourth-order valence-electron chi connectivity index (χ4n) is 2.22. The lowest BCUT2D eigenvalue weighted by Gasteiger charge is -2.07. The van der Waals surface area contributed by atoms with Gasteiger partial charge in [0, 0.05) is 6.54 Å². The van der Waals surface area contributed by atoms with Crippen LogP contribution in [0.5, 0.6) is 0 Å². The number of hydrogen-bond acceptors (Lipinski definition) is 2.